The number of fused-ring (bicyclic) bond motifs is 1. The molecule has 0 unspecified atom stereocenters. The number of nitrogens with zero attached hydrogens (tertiary/aromatic N) is 3. The van der Waals surface area contributed by atoms with Crippen molar-refractivity contribution in [2.45, 2.75) is 6.92 Å². The lowest BCUT2D eigenvalue weighted by Gasteiger charge is -2.01. The predicted octanol–water partition coefficient (Wildman–Crippen LogP) is 1.52. The molecule has 0 amide bonds. The van der Waals surface area contributed by atoms with Crippen molar-refractivity contribution in [2.24, 2.45) is 0 Å². The van der Waals surface area contributed by atoms with E-state index in [1.165, 1.54) is 0 Å². The molecule has 0 fully saturated rings. The molecule has 2 aromatic heterocycles. The van der Waals surface area contributed by atoms with Crippen LogP contribution < -0.4 is 0 Å². The van der Waals surface area contributed by atoms with E-state index in [0.29, 0.717) is 5.69 Å². The van der Waals surface area contributed by atoms with Crippen LogP contribution in [0.4, 0.5) is 0 Å². The van der Waals surface area contributed by atoms with Gasteiger partial charge in [-0.25, -0.2) is 9.78 Å². The number of esters is 1. The topological polar surface area (TPSA) is 96.5 Å². The Hall–Kier alpha value is -2.70. The summed E-state index contributed by atoms with van der Waals surface area (Å²) in [6.45, 7) is 2.03. The fourth-order valence-corrected chi connectivity index (χ4v) is 1.92. The normalized spacial score (nSPS) is 10.8. The van der Waals surface area contributed by atoms with Gasteiger partial charge in [0.1, 0.15) is 5.69 Å². The lowest BCUT2D eigenvalue weighted by atomic mass is 10.1. The molecule has 0 atom stereocenters. The summed E-state index contributed by atoms with van der Waals surface area (Å²) in [7, 11) is 0. The molecule has 2 N–H and O–H groups in total. The van der Waals surface area contributed by atoms with Gasteiger partial charge in [0.15, 0.2) is 5.69 Å². The Morgan fingerprint density at radius 1 is 1.37 bits per heavy atom. The summed E-state index contributed by atoms with van der Waals surface area (Å²) in [6, 6.07) is 5.60. The van der Waals surface area contributed by atoms with Gasteiger partial charge in [0, 0.05) is 5.56 Å². The molecule has 0 aliphatic heterocycles. The number of aromatic amines is 2. The number of rotatable bonds is 3. The smallest absolute Gasteiger partial charge is 0.361 e. The van der Waals surface area contributed by atoms with Gasteiger partial charge >= 0.3 is 5.97 Å². The third kappa shape index (κ3) is 1.85. The molecule has 19 heavy (non-hydrogen) atoms. The molecule has 3 aromatic rings. The summed E-state index contributed by atoms with van der Waals surface area (Å²) in [5.41, 5.74) is 2.95. The van der Waals surface area contributed by atoms with Gasteiger partial charge in [0.2, 0.25) is 0 Å². The number of benzene rings is 1. The van der Waals surface area contributed by atoms with Gasteiger partial charge in [0.05, 0.1) is 24.0 Å². The lowest BCUT2D eigenvalue weighted by molar-refractivity contribution is 0.0520. The minimum absolute atomic E-state index is 0.164. The summed E-state index contributed by atoms with van der Waals surface area (Å²) in [5, 5.41) is 10.3. The maximum Gasteiger partial charge on any atom is 0.361 e. The molecule has 0 radical (unpaired) electrons. The third-order valence-corrected chi connectivity index (χ3v) is 2.72. The molecule has 7 heteroatoms. The fourth-order valence-electron chi connectivity index (χ4n) is 1.92. The monoisotopic (exact) mass is 257 g/mol. The van der Waals surface area contributed by atoms with E-state index in [9.17, 15) is 4.79 Å². The Morgan fingerprint density at radius 2 is 2.26 bits per heavy atom. The second kappa shape index (κ2) is 4.52. The number of carbonyl (C=O) groups excluding carboxylic acids is 1. The van der Waals surface area contributed by atoms with Crippen LogP contribution in [0.5, 0.6) is 0 Å². The van der Waals surface area contributed by atoms with Crippen LogP contribution in [-0.4, -0.2) is 38.0 Å². The Balaban J connectivity index is 2.15. The van der Waals surface area contributed by atoms with Gasteiger partial charge in [-0.15, -0.1) is 5.10 Å². The fraction of sp³-hybridized carbons (Fsp3) is 0.167. The number of ether oxygens (including phenoxy) is 1. The number of hydrogen-bond acceptors (Lipinski definition) is 5. The zero-order chi connectivity index (χ0) is 13.2. The van der Waals surface area contributed by atoms with E-state index in [1.54, 1.807) is 13.3 Å². The molecular weight excluding hydrogens is 246 g/mol. The molecule has 1 aromatic carbocycles. The van der Waals surface area contributed by atoms with Crippen molar-refractivity contribution < 1.29 is 9.53 Å². The van der Waals surface area contributed by atoms with E-state index in [2.05, 4.69) is 25.4 Å². The van der Waals surface area contributed by atoms with Crippen LogP contribution in [0.25, 0.3) is 22.3 Å². The number of hydrogen-bond donors (Lipinski definition) is 2. The number of aromatic nitrogens is 5. The minimum Gasteiger partial charge on any atom is -0.461 e. The highest BCUT2D eigenvalue weighted by Gasteiger charge is 2.21. The van der Waals surface area contributed by atoms with Gasteiger partial charge in [-0.1, -0.05) is 12.1 Å². The van der Waals surface area contributed by atoms with E-state index in [1.807, 2.05) is 18.2 Å². The van der Waals surface area contributed by atoms with Crippen LogP contribution in [0, 0.1) is 0 Å². The Kier molecular flexibility index (Phi) is 2.71. The van der Waals surface area contributed by atoms with Crippen LogP contribution in [0.1, 0.15) is 17.4 Å². The molecular formula is C12H11N5O2. The number of para-hydroxylation sites is 1. The standard InChI is InChI=1S/C12H11N5O2/c1-2-19-12(18)11-10(15-17-16-11)7-4-3-5-8-9(7)14-6-13-8/h3-6H,2H2,1H3,(H,13,14)(H,15,16,17). The number of H-pyrrole nitrogens is 2. The molecule has 0 saturated carbocycles. The summed E-state index contributed by atoms with van der Waals surface area (Å²) >= 11 is 0. The van der Waals surface area contributed by atoms with Crippen LogP contribution in [0.15, 0.2) is 24.5 Å². The van der Waals surface area contributed by atoms with E-state index < -0.39 is 5.97 Å². The van der Waals surface area contributed by atoms with Gasteiger partial charge in [-0.05, 0) is 13.0 Å². The molecule has 0 bridgehead atoms. The molecule has 96 valence electrons. The highest BCUT2D eigenvalue weighted by Crippen LogP contribution is 2.26. The first kappa shape index (κ1) is 11.4. The molecule has 3 rings (SSSR count). The van der Waals surface area contributed by atoms with Gasteiger partial charge < -0.3 is 9.72 Å². The molecule has 0 saturated heterocycles. The first-order chi connectivity index (χ1) is 9.31. The quantitative estimate of drug-likeness (QED) is 0.693. The zero-order valence-corrected chi connectivity index (χ0v) is 10.2. The highest BCUT2D eigenvalue weighted by molar-refractivity contribution is 5.99. The summed E-state index contributed by atoms with van der Waals surface area (Å²) in [6.07, 6.45) is 1.60. The van der Waals surface area contributed by atoms with Crippen molar-refractivity contribution in [2.75, 3.05) is 6.61 Å². The van der Waals surface area contributed by atoms with E-state index in [4.69, 9.17) is 4.74 Å². The van der Waals surface area contributed by atoms with Crippen LogP contribution in [0.3, 0.4) is 0 Å². The van der Waals surface area contributed by atoms with Gasteiger partial charge in [0.25, 0.3) is 0 Å². The zero-order valence-electron chi connectivity index (χ0n) is 10.2. The van der Waals surface area contributed by atoms with E-state index in [-0.39, 0.29) is 12.3 Å². The molecule has 0 aliphatic rings. The Bertz CT molecular complexity index is 730. The summed E-state index contributed by atoms with van der Waals surface area (Å²) in [4.78, 5) is 19.0. The van der Waals surface area contributed by atoms with E-state index >= 15 is 0 Å². The van der Waals surface area contributed by atoms with Crippen molar-refractivity contribution in [3.05, 3.63) is 30.2 Å². The second-order valence-electron chi connectivity index (χ2n) is 3.85. The maximum atomic E-state index is 11.8. The van der Waals surface area contributed by atoms with Crippen LogP contribution in [-0.2, 0) is 4.74 Å². The first-order valence-corrected chi connectivity index (χ1v) is 5.81. The van der Waals surface area contributed by atoms with Crippen molar-refractivity contribution in [3.8, 4) is 11.3 Å². The highest BCUT2D eigenvalue weighted by atomic mass is 16.5. The van der Waals surface area contributed by atoms with Crippen LogP contribution >= 0.6 is 0 Å². The van der Waals surface area contributed by atoms with Crippen molar-refractivity contribution in [1.82, 2.24) is 25.4 Å². The van der Waals surface area contributed by atoms with Crippen molar-refractivity contribution in [1.29, 1.82) is 0 Å². The van der Waals surface area contributed by atoms with E-state index in [0.717, 1.165) is 16.6 Å². The number of carbonyl (C=O) groups is 1. The Morgan fingerprint density at radius 3 is 3.11 bits per heavy atom. The van der Waals surface area contributed by atoms with Gasteiger partial charge in [-0.3, -0.25) is 0 Å². The Labute approximate surface area is 108 Å². The lowest BCUT2D eigenvalue weighted by Crippen LogP contribution is -2.06. The average Bonchev–Trinajstić information content (AvgIpc) is 3.07. The molecule has 2 heterocycles. The SMILES string of the molecule is CCOC(=O)c1n[nH]nc1-c1cccc2[nH]cnc12. The van der Waals surface area contributed by atoms with Crippen LogP contribution in [0.2, 0.25) is 0 Å². The first-order valence-electron chi connectivity index (χ1n) is 5.81. The largest absolute Gasteiger partial charge is 0.461 e. The maximum absolute atomic E-state index is 11.8. The average molecular weight is 257 g/mol. The number of nitrogens with one attached hydrogen (secondary N) is 2. The summed E-state index contributed by atoms with van der Waals surface area (Å²) < 4.78 is 4.95. The third-order valence-electron chi connectivity index (χ3n) is 2.72. The molecule has 7 nitrogen and oxygen atoms in total. The predicted molar refractivity (Wildman–Crippen MR) is 67.4 cm³/mol. The second-order valence-corrected chi connectivity index (χ2v) is 3.85. The molecule has 0 aliphatic carbocycles. The number of imidazole rings is 1. The molecule has 0 spiro atoms. The van der Waals surface area contributed by atoms with Crippen molar-refractivity contribution in [3.63, 3.8) is 0 Å². The van der Waals surface area contributed by atoms with Gasteiger partial charge in [-0.2, -0.15) is 10.3 Å². The summed E-state index contributed by atoms with van der Waals surface area (Å²) in [5.74, 6) is -0.501. The van der Waals surface area contributed by atoms with Crippen molar-refractivity contribution >= 4 is 17.0 Å². The minimum atomic E-state index is -0.501.